The Bertz CT molecular complexity index is 138. The average Bonchev–Trinajstić information content (AvgIpc) is 1.94. The zero-order chi connectivity index (χ0) is 5.82. The Morgan fingerprint density at radius 1 is 1.50 bits per heavy atom. The maximum absolute atomic E-state index is 3.82. The van der Waals surface area contributed by atoms with Crippen LogP contribution in [-0.4, -0.2) is 0 Å². The molecule has 0 nitrogen and oxygen atoms in total. The molecule has 1 aliphatic rings. The average molecular weight is 105 g/mol. The zero-order valence-electron chi connectivity index (χ0n) is 4.80. The van der Waals surface area contributed by atoms with Crippen LogP contribution in [0.1, 0.15) is 6.42 Å². The van der Waals surface area contributed by atoms with Gasteiger partial charge in [0.05, 0.1) is 0 Å². The molecule has 0 aromatic carbocycles. The third-order valence-electron chi connectivity index (χ3n) is 1.07. The molecule has 0 heteroatoms. The summed E-state index contributed by atoms with van der Waals surface area (Å²) in [7, 11) is 0. The van der Waals surface area contributed by atoms with Gasteiger partial charge in [-0.25, -0.2) is 0 Å². The van der Waals surface area contributed by atoms with Gasteiger partial charge in [-0.3, -0.25) is 0 Å². The second-order valence-electron chi connectivity index (χ2n) is 1.84. The molecule has 0 bridgehead atoms. The van der Waals surface area contributed by atoms with Gasteiger partial charge in [0.1, 0.15) is 0 Å². The highest BCUT2D eigenvalue weighted by Crippen LogP contribution is 2.05. The molecule has 0 aromatic heterocycles. The van der Waals surface area contributed by atoms with E-state index in [2.05, 4.69) is 12.7 Å². The van der Waals surface area contributed by atoms with Crippen LogP contribution in [0.15, 0.2) is 36.5 Å². The lowest BCUT2D eigenvalue weighted by molar-refractivity contribution is 1.31. The van der Waals surface area contributed by atoms with Gasteiger partial charge in [-0.15, -0.1) is 12.2 Å². The van der Waals surface area contributed by atoms with Crippen LogP contribution in [0.5, 0.6) is 0 Å². The molecule has 1 aliphatic carbocycles. The lowest BCUT2D eigenvalue weighted by atomic mass is 10.2. The Kier molecular flexibility index (Phi) is 1.58. The van der Waals surface area contributed by atoms with Crippen molar-refractivity contribution in [1.29, 1.82) is 0 Å². The molecule has 8 heavy (non-hydrogen) atoms. The maximum Gasteiger partial charge on any atom is -0.0661 e. The SMILES string of the molecule is C=C1C=C[CH-]C=CC1. The molecular formula is C8H9-. The lowest BCUT2D eigenvalue weighted by Gasteiger charge is -1.92. The Morgan fingerprint density at radius 3 is 3.25 bits per heavy atom. The molecule has 0 saturated carbocycles. The topological polar surface area (TPSA) is 0 Å². The minimum Gasteiger partial charge on any atom is -0.176 e. The highest BCUT2D eigenvalue weighted by atomic mass is 13.9. The van der Waals surface area contributed by atoms with Gasteiger partial charge in [0.15, 0.2) is 0 Å². The first-order valence-corrected chi connectivity index (χ1v) is 2.74. The summed E-state index contributed by atoms with van der Waals surface area (Å²) in [5.74, 6) is 0. The standard InChI is InChI=1S/C8H9/c1-8-6-4-2-3-5-7-8/h2-6H,1,7H2/q-1. The summed E-state index contributed by atoms with van der Waals surface area (Å²) in [6, 6.07) is 0. The van der Waals surface area contributed by atoms with Crippen molar-refractivity contribution in [2.75, 3.05) is 0 Å². The summed E-state index contributed by atoms with van der Waals surface area (Å²) >= 11 is 0. The van der Waals surface area contributed by atoms with Crippen molar-refractivity contribution in [2.45, 2.75) is 6.42 Å². The Morgan fingerprint density at radius 2 is 2.38 bits per heavy atom. The van der Waals surface area contributed by atoms with Crippen LogP contribution in [-0.2, 0) is 0 Å². The van der Waals surface area contributed by atoms with Gasteiger partial charge in [-0.05, 0) is 0 Å². The van der Waals surface area contributed by atoms with Gasteiger partial charge in [0.2, 0.25) is 0 Å². The van der Waals surface area contributed by atoms with Crippen LogP contribution in [0.2, 0.25) is 0 Å². The van der Waals surface area contributed by atoms with E-state index >= 15 is 0 Å². The second kappa shape index (κ2) is 2.41. The molecule has 0 aromatic rings. The molecule has 0 fully saturated rings. The molecule has 42 valence electrons. The Balaban J connectivity index is 2.61. The zero-order valence-corrected chi connectivity index (χ0v) is 4.80. The van der Waals surface area contributed by atoms with E-state index in [0.29, 0.717) is 0 Å². The van der Waals surface area contributed by atoms with E-state index in [9.17, 15) is 0 Å². The molecule has 0 unspecified atom stereocenters. The normalized spacial score (nSPS) is 17.8. The number of rotatable bonds is 0. The maximum atomic E-state index is 3.82. The first-order chi connectivity index (χ1) is 3.89. The van der Waals surface area contributed by atoms with E-state index in [-0.39, 0.29) is 0 Å². The quantitative estimate of drug-likeness (QED) is 0.414. The van der Waals surface area contributed by atoms with E-state index < -0.39 is 0 Å². The minimum absolute atomic E-state index is 0.993. The van der Waals surface area contributed by atoms with Gasteiger partial charge in [0, 0.05) is 0 Å². The summed E-state index contributed by atoms with van der Waals surface area (Å²) < 4.78 is 0. The summed E-state index contributed by atoms with van der Waals surface area (Å²) in [5.41, 5.74) is 1.18. The predicted octanol–water partition coefficient (Wildman–Crippen LogP) is 2.26. The van der Waals surface area contributed by atoms with Crippen molar-refractivity contribution >= 4 is 0 Å². The van der Waals surface area contributed by atoms with E-state index in [1.807, 2.05) is 24.6 Å². The number of hydrogen-bond acceptors (Lipinski definition) is 0. The van der Waals surface area contributed by atoms with Crippen LogP contribution in [0, 0.1) is 6.42 Å². The van der Waals surface area contributed by atoms with E-state index in [4.69, 9.17) is 0 Å². The van der Waals surface area contributed by atoms with E-state index in [0.717, 1.165) is 6.42 Å². The number of hydrogen-bond donors (Lipinski definition) is 0. The summed E-state index contributed by atoms with van der Waals surface area (Å²) in [5, 5.41) is 0. The van der Waals surface area contributed by atoms with Crippen LogP contribution < -0.4 is 0 Å². The third-order valence-corrected chi connectivity index (χ3v) is 1.07. The highest BCUT2D eigenvalue weighted by Gasteiger charge is 1.77. The van der Waals surface area contributed by atoms with Crippen LogP contribution >= 0.6 is 0 Å². The fourth-order valence-corrected chi connectivity index (χ4v) is 0.622. The monoisotopic (exact) mass is 105 g/mol. The van der Waals surface area contributed by atoms with Crippen LogP contribution in [0.25, 0.3) is 0 Å². The largest absolute Gasteiger partial charge is 0.176 e. The van der Waals surface area contributed by atoms with Gasteiger partial charge in [0.25, 0.3) is 0 Å². The summed E-state index contributed by atoms with van der Waals surface area (Å²) in [4.78, 5) is 0. The van der Waals surface area contributed by atoms with Crippen LogP contribution in [0.3, 0.4) is 0 Å². The highest BCUT2D eigenvalue weighted by molar-refractivity contribution is 5.26. The molecule has 0 atom stereocenters. The van der Waals surface area contributed by atoms with Crippen molar-refractivity contribution in [2.24, 2.45) is 0 Å². The second-order valence-corrected chi connectivity index (χ2v) is 1.84. The van der Waals surface area contributed by atoms with Gasteiger partial charge in [-0.2, -0.15) is 30.7 Å². The summed E-state index contributed by atoms with van der Waals surface area (Å²) in [6.07, 6.45) is 11.2. The van der Waals surface area contributed by atoms with Crippen molar-refractivity contribution in [1.82, 2.24) is 0 Å². The van der Waals surface area contributed by atoms with Gasteiger partial charge >= 0.3 is 0 Å². The fourth-order valence-electron chi connectivity index (χ4n) is 0.622. The van der Waals surface area contributed by atoms with Crippen molar-refractivity contribution in [3.63, 3.8) is 0 Å². The molecule has 0 radical (unpaired) electrons. The third kappa shape index (κ3) is 1.30. The van der Waals surface area contributed by atoms with Crippen molar-refractivity contribution < 1.29 is 0 Å². The van der Waals surface area contributed by atoms with Gasteiger partial charge in [-0.1, -0.05) is 6.42 Å². The first-order valence-electron chi connectivity index (χ1n) is 2.74. The number of allylic oxidation sites excluding steroid dienone is 5. The minimum atomic E-state index is 0.993. The van der Waals surface area contributed by atoms with Crippen molar-refractivity contribution in [3.05, 3.63) is 42.9 Å². The molecule has 1 rings (SSSR count). The summed E-state index contributed by atoms with van der Waals surface area (Å²) in [6.45, 7) is 3.82. The predicted molar refractivity (Wildman–Crippen MR) is 36.3 cm³/mol. The Hall–Kier alpha value is -0.910. The molecule has 0 saturated heterocycles. The molecule has 0 spiro atoms. The lowest BCUT2D eigenvalue weighted by Crippen LogP contribution is -1.65. The van der Waals surface area contributed by atoms with E-state index in [1.54, 1.807) is 0 Å². The Labute approximate surface area is 50.2 Å². The fraction of sp³-hybridized carbons (Fsp3) is 0.125. The van der Waals surface area contributed by atoms with Crippen LogP contribution in [0.4, 0.5) is 0 Å². The molecule has 0 heterocycles. The first kappa shape index (κ1) is 5.23. The molecule has 0 amide bonds. The molecule has 0 N–H and O–H groups in total. The van der Waals surface area contributed by atoms with E-state index in [1.165, 1.54) is 5.57 Å². The van der Waals surface area contributed by atoms with Crippen molar-refractivity contribution in [3.8, 4) is 0 Å². The van der Waals surface area contributed by atoms with Gasteiger partial charge < -0.3 is 0 Å². The molecule has 0 aliphatic heterocycles. The molecular weight excluding hydrogens is 96.1 g/mol. The smallest absolute Gasteiger partial charge is 0.0661 e.